The molecule has 0 saturated heterocycles. The Morgan fingerprint density at radius 3 is 2.66 bits per heavy atom. The minimum Gasteiger partial charge on any atom is -0.436 e. The Balaban J connectivity index is 1.71. The lowest BCUT2D eigenvalue weighted by molar-refractivity contribution is -0.654. The van der Waals surface area contributed by atoms with Gasteiger partial charge in [-0.25, -0.2) is 9.55 Å². The smallest absolute Gasteiger partial charge is 0.396 e. The minimum absolute atomic E-state index is 0.109. The number of nitrogens with zero attached hydrogens (tertiary/aromatic N) is 3. The lowest BCUT2D eigenvalue weighted by atomic mass is 9.55. The number of fused-ring (bicyclic) bond motifs is 3. The zero-order valence-electron chi connectivity index (χ0n) is 17.2. The van der Waals surface area contributed by atoms with E-state index >= 15 is 0 Å². The van der Waals surface area contributed by atoms with Gasteiger partial charge in [0.1, 0.15) is 7.05 Å². The van der Waals surface area contributed by atoms with Gasteiger partial charge >= 0.3 is 6.85 Å². The summed E-state index contributed by atoms with van der Waals surface area (Å²) in [6, 6.07) is 17.0. The van der Waals surface area contributed by atoms with Gasteiger partial charge in [0.15, 0.2) is 17.2 Å². The van der Waals surface area contributed by atoms with Gasteiger partial charge in [0, 0.05) is 34.1 Å². The second-order valence-electron chi connectivity index (χ2n) is 7.86. The van der Waals surface area contributed by atoms with Crippen molar-refractivity contribution in [2.75, 3.05) is 7.05 Å². The minimum atomic E-state index is 0.109. The van der Waals surface area contributed by atoms with Crippen molar-refractivity contribution in [3.8, 4) is 11.1 Å². The van der Waals surface area contributed by atoms with Crippen molar-refractivity contribution < 1.29 is 8.98 Å². The lowest BCUT2D eigenvalue weighted by Crippen LogP contribution is -2.61. The molecule has 0 radical (unpaired) electrons. The Morgan fingerprint density at radius 1 is 1.07 bits per heavy atom. The van der Waals surface area contributed by atoms with Crippen LogP contribution in [0.5, 0.6) is 0 Å². The largest absolute Gasteiger partial charge is 0.436 e. The molecule has 3 aromatic heterocycles. The molecular formula is C24H23BN3O+. The molecule has 0 bridgehead atoms. The summed E-state index contributed by atoms with van der Waals surface area (Å²) >= 11 is 0. The number of furan rings is 1. The second-order valence-corrected chi connectivity index (χ2v) is 7.86. The SMILES string of the molecule is Cc1ccc2c3c(oc2n1)=CN(C)B(c1cc(-c2ccccc2)c(C)c[n+]1C)C=3. The predicted octanol–water partition coefficient (Wildman–Crippen LogP) is 1.84. The van der Waals surface area contributed by atoms with Gasteiger partial charge in [-0.1, -0.05) is 36.3 Å². The molecule has 4 aromatic rings. The first-order chi connectivity index (χ1) is 14.0. The first-order valence-corrected chi connectivity index (χ1v) is 9.88. The van der Waals surface area contributed by atoms with Crippen molar-refractivity contribution in [3.05, 3.63) is 76.6 Å². The van der Waals surface area contributed by atoms with Gasteiger partial charge in [-0.05, 0) is 44.2 Å². The summed E-state index contributed by atoms with van der Waals surface area (Å²) in [5, 5.41) is 2.19. The van der Waals surface area contributed by atoms with Crippen LogP contribution in [0.25, 0.3) is 34.4 Å². The van der Waals surface area contributed by atoms with Crippen LogP contribution >= 0.6 is 0 Å². The molecular weight excluding hydrogens is 357 g/mol. The highest BCUT2D eigenvalue weighted by atomic mass is 16.3. The Morgan fingerprint density at radius 2 is 1.86 bits per heavy atom. The second kappa shape index (κ2) is 6.62. The van der Waals surface area contributed by atoms with Crippen molar-refractivity contribution in [1.29, 1.82) is 0 Å². The number of hydrogen-bond donors (Lipinski definition) is 0. The first-order valence-electron chi connectivity index (χ1n) is 9.88. The highest BCUT2D eigenvalue weighted by Crippen LogP contribution is 2.21. The standard InChI is InChI=1S/C24H23BN3O/c1-16-14-27(3)23(12-20(16)18-8-6-5-7-9-18)25-13-21-19-11-10-17(2)26-24(19)29-22(21)15-28(25)4/h5-15H,1-4H3/q+1. The molecule has 142 valence electrons. The topological polar surface area (TPSA) is 33.2 Å². The molecule has 4 nitrogen and oxygen atoms in total. The molecule has 0 unspecified atom stereocenters. The highest BCUT2D eigenvalue weighted by molar-refractivity contribution is 6.82. The van der Waals surface area contributed by atoms with Gasteiger partial charge in [0.25, 0.3) is 0 Å². The lowest BCUT2D eigenvalue weighted by Gasteiger charge is -2.21. The molecule has 0 atom stereocenters. The number of aromatic nitrogens is 2. The Hall–Kier alpha value is -3.34. The monoisotopic (exact) mass is 380 g/mol. The fourth-order valence-corrected chi connectivity index (χ4v) is 4.23. The molecule has 0 fully saturated rings. The molecule has 5 rings (SSSR count). The van der Waals surface area contributed by atoms with Gasteiger partial charge in [-0.3, -0.25) is 0 Å². The fraction of sp³-hybridized carbons (Fsp3) is 0.167. The molecule has 0 spiro atoms. The zero-order valence-corrected chi connectivity index (χ0v) is 17.2. The third kappa shape index (κ3) is 2.94. The van der Waals surface area contributed by atoms with Gasteiger partial charge in [0.2, 0.25) is 5.71 Å². The summed E-state index contributed by atoms with van der Waals surface area (Å²) < 4.78 is 8.25. The maximum atomic E-state index is 6.02. The summed E-state index contributed by atoms with van der Waals surface area (Å²) in [5.74, 6) is 2.29. The Bertz CT molecular complexity index is 1360. The third-order valence-electron chi connectivity index (χ3n) is 5.75. The summed E-state index contributed by atoms with van der Waals surface area (Å²) in [4.78, 5) is 6.76. The average molecular weight is 380 g/mol. The Labute approximate surface area is 170 Å². The molecule has 1 aliphatic heterocycles. The molecule has 1 aromatic carbocycles. The van der Waals surface area contributed by atoms with Crippen LogP contribution in [-0.2, 0) is 7.05 Å². The van der Waals surface area contributed by atoms with Crippen LogP contribution in [0.4, 0.5) is 0 Å². The normalized spacial score (nSPS) is 13.2. The average Bonchev–Trinajstić information content (AvgIpc) is 3.04. The maximum Gasteiger partial charge on any atom is 0.396 e. The van der Waals surface area contributed by atoms with Crippen LogP contribution in [0.3, 0.4) is 0 Å². The van der Waals surface area contributed by atoms with Crippen molar-refractivity contribution in [2.45, 2.75) is 13.8 Å². The maximum absolute atomic E-state index is 6.02. The van der Waals surface area contributed by atoms with Crippen molar-refractivity contribution >= 4 is 35.7 Å². The number of hydrogen-bond acceptors (Lipinski definition) is 3. The van der Waals surface area contributed by atoms with Crippen LogP contribution in [0, 0.1) is 13.8 Å². The van der Waals surface area contributed by atoms with E-state index in [0.29, 0.717) is 5.71 Å². The van der Waals surface area contributed by atoms with E-state index in [4.69, 9.17) is 4.42 Å². The predicted molar refractivity (Wildman–Crippen MR) is 118 cm³/mol. The van der Waals surface area contributed by atoms with E-state index in [-0.39, 0.29) is 6.85 Å². The summed E-state index contributed by atoms with van der Waals surface area (Å²) in [7, 11) is 4.21. The quantitative estimate of drug-likeness (QED) is 0.393. The molecule has 1 aliphatic rings. The van der Waals surface area contributed by atoms with E-state index in [1.807, 2.05) is 13.0 Å². The van der Waals surface area contributed by atoms with Crippen molar-refractivity contribution in [2.24, 2.45) is 7.05 Å². The molecule has 0 N–H and O–H groups in total. The van der Waals surface area contributed by atoms with Crippen LogP contribution < -0.4 is 20.8 Å². The van der Waals surface area contributed by atoms with E-state index in [0.717, 1.165) is 21.7 Å². The number of pyridine rings is 2. The van der Waals surface area contributed by atoms with Gasteiger partial charge in [0.05, 0.1) is 0 Å². The summed E-state index contributed by atoms with van der Waals surface area (Å²) in [5.41, 5.74) is 7.53. The first kappa shape index (κ1) is 17.7. The van der Waals surface area contributed by atoms with E-state index in [9.17, 15) is 0 Å². The van der Waals surface area contributed by atoms with E-state index in [1.165, 1.54) is 22.3 Å². The Kier molecular flexibility index (Phi) is 4.05. The summed E-state index contributed by atoms with van der Waals surface area (Å²) in [6.45, 7) is 4.26. The van der Waals surface area contributed by atoms with E-state index in [1.54, 1.807) is 0 Å². The summed E-state index contributed by atoms with van der Waals surface area (Å²) in [6.07, 6.45) is 4.30. The molecule has 4 heterocycles. The van der Waals surface area contributed by atoms with Gasteiger partial charge < -0.3 is 9.23 Å². The molecule has 0 aliphatic carbocycles. The number of benzene rings is 1. The van der Waals surface area contributed by atoms with Gasteiger partial charge in [-0.2, -0.15) is 0 Å². The molecule has 29 heavy (non-hydrogen) atoms. The van der Waals surface area contributed by atoms with Crippen molar-refractivity contribution in [3.63, 3.8) is 0 Å². The van der Waals surface area contributed by atoms with E-state index < -0.39 is 0 Å². The highest BCUT2D eigenvalue weighted by Gasteiger charge is 2.31. The zero-order chi connectivity index (χ0) is 20.1. The van der Waals surface area contributed by atoms with Crippen LogP contribution in [0.15, 0.2) is 59.1 Å². The number of aryl methyl sites for hydroxylation is 3. The fourth-order valence-electron chi connectivity index (χ4n) is 4.23. The molecule has 0 saturated carbocycles. The van der Waals surface area contributed by atoms with Crippen LogP contribution in [0.1, 0.15) is 11.3 Å². The van der Waals surface area contributed by atoms with Crippen LogP contribution in [0.2, 0.25) is 0 Å². The number of rotatable bonds is 2. The third-order valence-corrected chi connectivity index (χ3v) is 5.75. The van der Waals surface area contributed by atoms with Crippen molar-refractivity contribution in [1.82, 2.24) is 9.79 Å². The molecule has 5 heteroatoms. The van der Waals surface area contributed by atoms with Crippen LogP contribution in [-0.4, -0.2) is 23.7 Å². The molecule has 0 amide bonds. The van der Waals surface area contributed by atoms with E-state index in [2.05, 4.69) is 96.2 Å². The van der Waals surface area contributed by atoms with Gasteiger partial charge in [-0.15, -0.1) is 0 Å².